The SMILES string of the molecule is CCC(C)C1CN(c2cnn(C(C)C)c2)CCN1. The maximum atomic E-state index is 4.44. The van der Waals surface area contributed by atoms with Gasteiger partial charge in [0.15, 0.2) is 0 Å². The lowest BCUT2D eigenvalue weighted by molar-refractivity contribution is 0.342. The van der Waals surface area contributed by atoms with Gasteiger partial charge in [-0.1, -0.05) is 20.3 Å². The number of hydrogen-bond acceptors (Lipinski definition) is 3. The van der Waals surface area contributed by atoms with E-state index in [4.69, 9.17) is 0 Å². The van der Waals surface area contributed by atoms with E-state index in [0.29, 0.717) is 12.1 Å². The topological polar surface area (TPSA) is 33.1 Å². The fourth-order valence-electron chi connectivity index (χ4n) is 2.45. The number of nitrogens with one attached hydrogen (secondary N) is 1. The third kappa shape index (κ3) is 2.86. The van der Waals surface area contributed by atoms with Crippen molar-refractivity contribution in [3.8, 4) is 0 Å². The highest BCUT2D eigenvalue weighted by Crippen LogP contribution is 2.20. The van der Waals surface area contributed by atoms with Gasteiger partial charge in [0.05, 0.1) is 11.9 Å². The summed E-state index contributed by atoms with van der Waals surface area (Å²) in [5, 5.41) is 8.07. The first-order chi connectivity index (χ1) is 8.61. The van der Waals surface area contributed by atoms with Gasteiger partial charge in [-0.15, -0.1) is 0 Å². The molecule has 2 rings (SSSR count). The van der Waals surface area contributed by atoms with Crippen LogP contribution in [0.15, 0.2) is 12.4 Å². The summed E-state index contributed by atoms with van der Waals surface area (Å²) in [6.45, 7) is 12.2. The van der Waals surface area contributed by atoms with E-state index in [0.717, 1.165) is 25.6 Å². The highest BCUT2D eigenvalue weighted by molar-refractivity contribution is 5.43. The van der Waals surface area contributed by atoms with Crippen LogP contribution in [-0.2, 0) is 0 Å². The first-order valence-electron chi connectivity index (χ1n) is 7.14. The number of aromatic nitrogens is 2. The van der Waals surface area contributed by atoms with Gasteiger partial charge in [0.25, 0.3) is 0 Å². The van der Waals surface area contributed by atoms with E-state index in [9.17, 15) is 0 Å². The summed E-state index contributed by atoms with van der Waals surface area (Å²) in [6.07, 6.45) is 5.40. The monoisotopic (exact) mass is 250 g/mol. The Kier molecular flexibility index (Phi) is 4.27. The predicted octanol–water partition coefficient (Wildman–Crippen LogP) is 2.29. The van der Waals surface area contributed by atoms with Gasteiger partial charge in [-0.05, 0) is 19.8 Å². The Morgan fingerprint density at radius 3 is 2.83 bits per heavy atom. The second-order valence-electron chi connectivity index (χ2n) is 5.66. The van der Waals surface area contributed by atoms with E-state index in [1.54, 1.807) is 0 Å². The number of piperazine rings is 1. The van der Waals surface area contributed by atoms with Crippen molar-refractivity contribution in [2.24, 2.45) is 5.92 Å². The Balaban J connectivity index is 2.03. The van der Waals surface area contributed by atoms with Crippen molar-refractivity contribution in [2.75, 3.05) is 24.5 Å². The molecule has 0 aliphatic carbocycles. The molecule has 2 heterocycles. The first kappa shape index (κ1) is 13.4. The zero-order valence-corrected chi connectivity index (χ0v) is 12.1. The maximum absolute atomic E-state index is 4.44. The van der Waals surface area contributed by atoms with Gasteiger partial charge in [0.2, 0.25) is 0 Å². The van der Waals surface area contributed by atoms with Crippen LogP contribution in [0.4, 0.5) is 5.69 Å². The molecule has 1 aliphatic rings. The lowest BCUT2D eigenvalue weighted by Crippen LogP contribution is -2.53. The van der Waals surface area contributed by atoms with Crippen LogP contribution in [0.3, 0.4) is 0 Å². The molecule has 4 nitrogen and oxygen atoms in total. The molecule has 1 aromatic heterocycles. The molecule has 4 heteroatoms. The maximum Gasteiger partial charge on any atom is 0.0753 e. The Hall–Kier alpha value is -1.03. The zero-order valence-electron chi connectivity index (χ0n) is 12.1. The van der Waals surface area contributed by atoms with Crippen molar-refractivity contribution >= 4 is 5.69 Å². The van der Waals surface area contributed by atoms with Crippen LogP contribution in [-0.4, -0.2) is 35.5 Å². The van der Waals surface area contributed by atoms with Gasteiger partial charge in [0.1, 0.15) is 0 Å². The molecule has 102 valence electrons. The van der Waals surface area contributed by atoms with Crippen molar-refractivity contribution in [3.05, 3.63) is 12.4 Å². The molecule has 0 aromatic carbocycles. The van der Waals surface area contributed by atoms with E-state index in [1.165, 1.54) is 12.1 Å². The summed E-state index contributed by atoms with van der Waals surface area (Å²) in [7, 11) is 0. The van der Waals surface area contributed by atoms with Crippen molar-refractivity contribution in [3.63, 3.8) is 0 Å². The van der Waals surface area contributed by atoms with Crippen molar-refractivity contribution < 1.29 is 0 Å². The average Bonchev–Trinajstić information content (AvgIpc) is 2.88. The Morgan fingerprint density at radius 2 is 2.22 bits per heavy atom. The van der Waals surface area contributed by atoms with Gasteiger partial charge < -0.3 is 10.2 Å². The molecule has 0 bridgehead atoms. The molecule has 1 aromatic rings. The van der Waals surface area contributed by atoms with Crippen molar-refractivity contribution in [1.29, 1.82) is 0 Å². The summed E-state index contributed by atoms with van der Waals surface area (Å²) < 4.78 is 2.04. The molecule has 1 aliphatic heterocycles. The number of rotatable bonds is 4. The van der Waals surface area contributed by atoms with Crippen molar-refractivity contribution in [1.82, 2.24) is 15.1 Å². The molecule has 1 fully saturated rings. The lowest BCUT2D eigenvalue weighted by atomic mass is 9.97. The molecule has 2 atom stereocenters. The van der Waals surface area contributed by atoms with Crippen LogP contribution in [0.2, 0.25) is 0 Å². The summed E-state index contributed by atoms with van der Waals surface area (Å²) in [5.74, 6) is 0.730. The molecule has 0 radical (unpaired) electrons. The number of hydrogen-bond donors (Lipinski definition) is 1. The van der Waals surface area contributed by atoms with Gasteiger partial charge in [-0.3, -0.25) is 4.68 Å². The number of anilines is 1. The van der Waals surface area contributed by atoms with Crippen LogP contribution in [0.1, 0.15) is 40.2 Å². The standard InChI is InChI=1S/C14H26N4/c1-5-12(4)14-10-17(7-6-15-14)13-8-16-18(9-13)11(2)3/h8-9,11-12,14-15H,5-7,10H2,1-4H3. The smallest absolute Gasteiger partial charge is 0.0753 e. The van der Waals surface area contributed by atoms with Crippen LogP contribution >= 0.6 is 0 Å². The normalized spacial score (nSPS) is 22.5. The van der Waals surface area contributed by atoms with Crippen LogP contribution in [0.5, 0.6) is 0 Å². The molecule has 1 N–H and O–H groups in total. The zero-order chi connectivity index (χ0) is 13.1. The Labute approximate surface area is 110 Å². The first-order valence-corrected chi connectivity index (χ1v) is 7.14. The molecule has 1 saturated heterocycles. The Bertz CT molecular complexity index is 372. The predicted molar refractivity (Wildman–Crippen MR) is 76.1 cm³/mol. The van der Waals surface area contributed by atoms with Gasteiger partial charge in [-0.2, -0.15) is 5.10 Å². The minimum absolute atomic E-state index is 0.437. The molecular weight excluding hydrogens is 224 g/mol. The van der Waals surface area contributed by atoms with E-state index in [-0.39, 0.29) is 0 Å². The van der Waals surface area contributed by atoms with Crippen LogP contribution < -0.4 is 10.2 Å². The van der Waals surface area contributed by atoms with E-state index < -0.39 is 0 Å². The van der Waals surface area contributed by atoms with E-state index in [1.807, 2.05) is 10.9 Å². The molecule has 0 amide bonds. The summed E-state index contributed by atoms with van der Waals surface area (Å²) in [6, 6.07) is 1.04. The lowest BCUT2D eigenvalue weighted by Gasteiger charge is -2.37. The largest absolute Gasteiger partial charge is 0.366 e. The van der Waals surface area contributed by atoms with Crippen molar-refractivity contribution in [2.45, 2.75) is 46.2 Å². The Morgan fingerprint density at radius 1 is 1.44 bits per heavy atom. The minimum atomic E-state index is 0.437. The summed E-state index contributed by atoms with van der Waals surface area (Å²) in [4.78, 5) is 2.46. The summed E-state index contributed by atoms with van der Waals surface area (Å²) >= 11 is 0. The molecular formula is C14H26N4. The van der Waals surface area contributed by atoms with Gasteiger partial charge in [-0.25, -0.2) is 0 Å². The van der Waals surface area contributed by atoms with Crippen LogP contribution in [0.25, 0.3) is 0 Å². The second-order valence-corrected chi connectivity index (χ2v) is 5.66. The molecule has 18 heavy (non-hydrogen) atoms. The molecule has 0 saturated carbocycles. The fourth-order valence-corrected chi connectivity index (χ4v) is 2.45. The van der Waals surface area contributed by atoms with Crippen LogP contribution in [0, 0.1) is 5.92 Å². The van der Waals surface area contributed by atoms with E-state index >= 15 is 0 Å². The van der Waals surface area contributed by atoms with Gasteiger partial charge in [0, 0.05) is 37.9 Å². The summed E-state index contributed by atoms with van der Waals surface area (Å²) in [5.41, 5.74) is 1.26. The fraction of sp³-hybridized carbons (Fsp3) is 0.786. The quantitative estimate of drug-likeness (QED) is 0.890. The second kappa shape index (κ2) is 5.74. The highest BCUT2D eigenvalue weighted by Gasteiger charge is 2.24. The van der Waals surface area contributed by atoms with E-state index in [2.05, 4.69) is 49.2 Å². The number of nitrogens with zero attached hydrogens (tertiary/aromatic N) is 3. The average molecular weight is 250 g/mol. The third-order valence-electron chi connectivity index (χ3n) is 4.02. The minimum Gasteiger partial charge on any atom is -0.366 e. The molecule has 2 unspecified atom stereocenters. The highest BCUT2D eigenvalue weighted by atomic mass is 15.3. The molecule has 0 spiro atoms. The third-order valence-corrected chi connectivity index (χ3v) is 4.02. The van der Waals surface area contributed by atoms with Gasteiger partial charge >= 0.3 is 0 Å².